The molecule has 202 valence electrons. The third-order valence-electron chi connectivity index (χ3n) is 6.03. The Morgan fingerprint density at radius 1 is 1.13 bits per heavy atom. The van der Waals surface area contributed by atoms with E-state index in [4.69, 9.17) is 14.6 Å². The quantitative estimate of drug-likeness (QED) is 0.297. The zero-order valence-electron chi connectivity index (χ0n) is 21.3. The Hall–Kier alpha value is -3.77. The fourth-order valence-electron chi connectivity index (χ4n) is 4.16. The minimum Gasteiger partial charge on any atom is -0.492 e. The lowest BCUT2D eigenvalue weighted by Crippen LogP contribution is -2.40. The number of hydrogen-bond donors (Lipinski definition) is 1. The molecule has 0 saturated carbocycles. The smallest absolute Gasteiger partial charge is 0.248 e. The lowest BCUT2D eigenvalue weighted by Gasteiger charge is -2.27. The van der Waals surface area contributed by atoms with Crippen molar-refractivity contribution in [2.45, 2.75) is 11.8 Å². The third-order valence-corrected chi connectivity index (χ3v) is 8.83. The number of thiophene rings is 1. The van der Waals surface area contributed by atoms with Crippen LogP contribution in [0.4, 0.5) is 5.69 Å². The predicted molar refractivity (Wildman–Crippen MR) is 152 cm³/mol. The summed E-state index contributed by atoms with van der Waals surface area (Å²) < 4.78 is 40.8. The van der Waals surface area contributed by atoms with Gasteiger partial charge in [-0.05, 0) is 54.8 Å². The van der Waals surface area contributed by atoms with Crippen LogP contribution in [-0.2, 0) is 19.6 Å². The number of sulfonamides is 1. The number of aromatic nitrogens is 2. The van der Waals surface area contributed by atoms with Crippen LogP contribution < -0.4 is 10.1 Å². The first kappa shape index (κ1) is 26.8. The molecule has 11 heteroatoms. The SMILES string of the molecule is CCOc1ccc(NC(=O)/C=C/c2cn(-c3ccccc3)nc2-c2cccs2)cc1S(=O)(=O)N1CCOCC1. The van der Waals surface area contributed by atoms with Crippen LogP contribution in [0.2, 0.25) is 0 Å². The molecular formula is C28H28N4O5S2. The largest absolute Gasteiger partial charge is 0.492 e. The van der Waals surface area contributed by atoms with Gasteiger partial charge in [0.1, 0.15) is 16.3 Å². The van der Waals surface area contributed by atoms with Crippen LogP contribution in [0.15, 0.2) is 83.2 Å². The predicted octanol–water partition coefficient (Wildman–Crippen LogP) is 4.67. The van der Waals surface area contributed by atoms with Gasteiger partial charge in [-0.1, -0.05) is 24.3 Å². The van der Waals surface area contributed by atoms with Gasteiger partial charge in [0.2, 0.25) is 15.9 Å². The minimum atomic E-state index is -3.83. The molecule has 0 bridgehead atoms. The molecule has 1 aliphatic heterocycles. The zero-order chi connectivity index (χ0) is 27.2. The molecule has 1 fully saturated rings. The number of morpholine rings is 1. The maximum absolute atomic E-state index is 13.4. The van der Waals surface area contributed by atoms with E-state index < -0.39 is 15.9 Å². The number of amides is 1. The van der Waals surface area contributed by atoms with E-state index in [0.29, 0.717) is 25.5 Å². The van der Waals surface area contributed by atoms with Gasteiger partial charge in [0.25, 0.3) is 0 Å². The Bertz CT molecular complexity index is 1560. The monoisotopic (exact) mass is 564 g/mol. The molecular weight excluding hydrogens is 536 g/mol. The highest BCUT2D eigenvalue weighted by Gasteiger charge is 2.29. The van der Waals surface area contributed by atoms with Crippen LogP contribution in [0.5, 0.6) is 5.75 Å². The van der Waals surface area contributed by atoms with E-state index >= 15 is 0 Å². The van der Waals surface area contributed by atoms with E-state index in [-0.39, 0.29) is 23.7 Å². The van der Waals surface area contributed by atoms with Crippen molar-refractivity contribution in [1.82, 2.24) is 14.1 Å². The number of nitrogens with one attached hydrogen (secondary N) is 1. The number of benzene rings is 2. The zero-order valence-corrected chi connectivity index (χ0v) is 23.0. The Kier molecular flexibility index (Phi) is 8.22. The summed E-state index contributed by atoms with van der Waals surface area (Å²) in [6.45, 7) is 3.28. The lowest BCUT2D eigenvalue weighted by atomic mass is 10.2. The molecule has 0 atom stereocenters. The molecule has 1 aliphatic rings. The van der Waals surface area contributed by atoms with E-state index in [0.717, 1.165) is 21.8 Å². The molecule has 0 unspecified atom stereocenters. The number of ether oxygens (including phenoxy) is 2. The van der Waals surface area contributed by atoms with Crippen LogP contribution in [0.3, 0.4) is 0 Å². The third kappa shape index (κ3) is 6.12. The van der Waals surface area contributed by atoms with Gasteiger partial charge < -0.3 is 14.8 Å². The molecule has 0 spiro atoms. The molecule has 5 rings (SSSR count). The molecule has 9 nitrogen and oxygen atoms in total. The van der Waals surface area contributed by atoms with Crippen molar-refractivity contribution in [3.8, 4) is 22.0 Å². The molecule has 2 aromatic heterocycles. The van der Waals surface area contributed by atoms with Crippen LogP contribution in [0.1, 0.15) is 12.5 Å². The van der Waals surface area contributed by atoms with E-state index in [2.05, 4.69) is 5.32 Å². The van der Waals surface area contributed by atoms with Gasteiger partial charge >= 0.3 is 0 Å². The first-order valence-electron chi connectivity index (χ1n) is 12.5. The topological polar surface area (TPSA) is 103 Å². The number of carbonyl (C=O) groups excluding carboxylic acids is 1. The second-order valence-electron chi connectivity index (χ2n) is 8.62. The van der Waals surface area contributed by atoms with Crippen LogP contribution in [-0.4, -0.2) is 61.3 Å². The van der Waals surface area contributed by atoms with Crippen molar-refractivity contribution >= 4 is 39.0 Å². The van der Waals surface area contributed by atoms with Gasteiger partial charge in [0, 0.05) is 36.6 Å². The Morgan fingerprint density at radius 3 is 2.64 bits per heavy atom. The molecule has 1 N–H and O–H groups in total. The van der Waals surface area contributed by atoms with E-state index in [1.807, 2.05) is 54.0 Å². The molecule has 1 amide bonds. The van der Waals surface area contributed by atoms with Crippen LogP contribution in [0.25, 0.3) is 22.3 Å². The Balaban J connectivity index is 1.39. The number of rotatable bonds is 9. The Morgan fingerprint density at radius 2 is 1.92 bits per heavy atom. The number of carbonyl (C=O) groups is 1. The highest BCUT2D eigenvalue weighted by Crippen LogP contribution is 2.31. The molecule has 1 saturated heterocycles. The Labute approximate surface area is 231 Å². The molecule has 2 aromatic carbocycles. The highest BCUT2D eigenvalue weighted by molar-refractivity contribution is 7.89. The molecule has 0 radical (unpaired) electrons. The highest BCUT2D eigenvalue weighted by atomic mass is 32.2. The molecule has 39 heavy (non-hydrogen) atoms. The number of hydrogen-bond acceptors (Lipinski definition) is 7. The molecule has 4 aromatic rings. The van der Waals surface area contributed by atoms with Crippen molar-refractivity contribution < 1.29 is 22.7 Å². The van der Waals surface area contributed by atoms with E-state index in [1.165, 1.54) is 16.4 Å². The second kappa shape index (κ2) is 12.0. The average Bonchev–Trinajstić information content (AvgIpc) is 3.64. The van der Waals surface area contributed by atoms with Crippen LogP contribution in [0, 0.1) is 0 Å². The average molecular weight is 565 g/mol. The maximum Gasteiger partial charge on any atom is 0.248 e. The van der Waals surface area contributed by atoms with Crippen molar-refractivity contribution in [3.05, 3.63) is 83.9 Å². The first-order chi connectivity index (χ1) is 19.0. The summed E-state index contributed by atoms with van der Waals surface area (Å²) in [6, 6.07) is 18.3. The minimum absolute atomic E-state index is 0.0112. The van der Waals surface area contributed by atoms with Crippen LogP contribution >= 0.6 is 11.3 Å². The standard InChI is InChI=1S/C28H28N4O5S2/c1-2-37-24-12-11-22(19-26(24)39(34,35)31-14-16-36-17-15-31)29-27(33)13-10-21-20-32(23-7-4-3-5-8-23)30-28(21)25-9-6-18-38-25/h3-13,18-20H,2,14-17H2,1H3,(H,29,33)/b13-10+. The molecule has 0 aliphatic carbocycles. The van der Waals surface area contributed by atoms with Gasteiger partial charge in [-0.15, -0.1) is 11.3 Å². The summed E-state index contributed by atoms with van der Waals surface area (Å²) in [5.41, 5.74) is 2.79. The first-order valence-corrected chi connectivity index (χ1v) is 14.8. The van der Waals surface area contributed by atoms with Gasteiger partial charge in [-0.3, -0.25) is 4.79 Å². The summed E-state index contributed by atoms with van der Waals surface area (Å²) in [4.78, 5) is 13.9. The van der Waals surface area contributed by atoms with Gasteiger partial charge in [0.15, 0.2) is 0 Å². The fraction of sp³-hybridized carbons (Fsp3) is 0.214. The van der Waals surface area contributed by atoms with Gasteiger partial charge in [-0.25, -0.2) is 13.1 Å². The summed E-state index contributed by atoms with van der Waals surface area (Å²) in [7, 11) is -3.83. The van der Waals surface area contributed by atoms with E-state index in [9.17, 15) is 13.2 Å². The summed E-state index contributed by atoms with van der Waals surface area (Å²) in [6.07, 6.45) is 4.99. The number of para-hydroxylation sites is 1. The summed E-state index contributed by atoms with van der Waals surface area (Å²) in [5.74, 6) is -0.162. The van der Waals surface area contributed by atoms with Crippen molar-refractivity contribution in [2.24, 2.45) is 0 Å². The summed E-state index contributed by atoms with van der Waals surface area (Å²) >= 11 is 1.57. The molecule has 3 heterocycles. The normalized spacial score (nSPS) is 14.5. The van der Waals surface area contributed by atoms with Crippen molar-refractivity contribution in [1.29, 1.82) is 0 Å². The number of anilines is 1. The van der Waals surface area contributed by atoms with E-state index in [1.54, 1.807) is 41.2 Å². The maximum atomic E-state index is 13.4. The van der Waals surface area contributed by atoms with Crippen molar-refractivity contribution in [2.75, 3.05) is 38.2 Å². The van der Waals surface area contributed by atoms with Gasteiger partial charge in [-0.2, -0.15) is 9.40 Å². The fourth-order valence-corrected chi connectivity index (χ4v) is 6.46. The van der Waals surface area contributed by atoms with Crippen molar-refractivity contribution in [3.63, 3.8) is 0 Å². The number of nitrogens with zero attached hydrogens (tertiary/aromatic N) is 3. The summed E-state index contributed by atoms with van der Waals surface area (Å²) in [5, 5.41) is 9.50. The van der Waals surface area contributed by atoms with Gasteiger partial charge in [0.05, 0.1) is 30.4 Å². The lowest BCUT2D eigenvalue weighted by molar-refractivity contribution is -0.111. The second-order valence-corrected chi connectivity index (χ2v) is 11.5.